The van der Waals surface area contributed by atoms with Crippen LogP contribution in [0.25, 0.3) is 0 Å². The predicted molar refractivity (Wildman–Crippen MR) is 84.0 cm³/mol. The smallest absolute Gasteiger partial charge is 0.128 e. The lowest BCUT2D eigenvalue weighted by atomic mass is 10.0. The summed E-state index contributed by atoms with van der Waals surface area (Å²) in [5.41, 5.74) is 7.96. The number of nitriles is 1. The van der Waals surface area contributed by atoms with Gasteiger partial charge in [-0.3, -0.25) is 0 Å². The highest BCUT2D eigenvalue weighted by atomic mass is 16.3. The molecule has 4 heteroatoms. The van der Waals surface area contributed by atoms with E-state index in [4.69, 9.17) is 15.4 Å². The molecule has 0 aliphatic rings. The van der Waals surface area contributed by atoms with E-state index in [0.717, 1.165) is 23.6 Å². The Labute approximate surface area is 125 Å². The molecular formula is C17H21N3O. The normalized spacial score (nSPS) is 13.5. The fourth-order valence-corrected chi connectivity index (χ4v) is 2.46. The van der Waals surface area contributed by atoms with Gasteiger partial charge < -0.3 is 15.1 Å². The SMILES string of the molecule is CCC(N)C(c1ccc(C)o1)N(C)c1ccc(C#N)cc1. The van der Waals surface area contributed by atoms with Crippen LogP contribution in [0.3, 0.4) is 0 Å². The van der Waals surface area contributed by atoms with Crippen LogP contribution >= 0.6 is 0 Å². The van der Waals surface area contributed by atoms with E-state index in [-0.39, 0.29) is 12.1 Å². The third kappa shape index (κ3) is 3.26. The minimum absolute atomic E-state index is 0.0309. The highest BCUT2D eigenvalue weighted by Crippen LogP contribution is 2.30. The van der Waals surface area contributed by atoms with Crippen molar-refractivity contribution in [3.63, 3.8) is 0 Å². The molecule has 0 aliphatic carbocycles. The number of nitrogens with two attached hydrogens (primary N) is 1. The number of benzene rings is 1. The second kappa shape index (κ2) is 6.47. The van der Waals surface area contributed by atoms with Crippen LogP contribution in [-0.2, 0) is 0 Å². The van der Waals surface area contributed by atoms with E-state index in [1.165, 1.54) is 0 Å². The number of anilines is 1. The van der Waals surface area contributed by atoms with Gasteiger partial charge in [0.15, 0.2) is 0 Å². The Morgan fingerprint density at radius 1 is 1.24 bits per heavy atom. The first-order valence-electron chi connectivity index (χ1n) is 7.11. The number of aryl methyl sites for hydroxylation is 1. The molecule has 2 rings (SSSR count). The second-order valence-electron chi connectivity index (χ2n) is 5.23. The molecule has 0 saturated carbocycles. The van der Waals surface area contributed by atoms with Crippen LogP contribution in [0.5, 0.6) is 0 Å². The van der Waals surface area contributed by atoms with Crippen molar-refractivity contribution in [2.24, 2.45) is 5.73 Å². The van der Waals surface area contributed by atoms with Crippen molar-refractivity contribution in [2.45, 2.75) is 32.4 Å². The van der Waals surface area contributed by atoms with Crippen molar-refractivity contribution in [3.05, 3.63) is 53.5 Å². The monoisotopic (exact) mass is 283 g/mol. The van der Waals surface area contributed by atoms with Gasteiger partial charge >= 0.3 is 0 Å². The zero-order valence-electron chi connectivity index (χ0n) is 12.7. The van der Waals surface area contributed by atoms with E-state index in [9.17, 15) is 0 Å². The Morgan fingerprint density at radius 2 is 1.90 bits per heavy atom. The van der Waals surface area contributed by atoms with E-state index in [2.05, 4.69) is 17.9 Å². The highest BCUT2D eigenvalue weighted by Gasteiger charge is 2.26. The minimum atomic E-state index is -0.0313. The third-order valence-electron chi connectivity index (χ3n) is 3.75. The van der Waals surface area contributed by atoms with Crippen molar-refractivity contribution >= 4 is 5.69 Å². The van der Waals surface area contributed by atoms with Gasteiger partial charge in [0.05, 0.1) is 11.6 Å². The molecule has 1 aromatic carbocycles. The summed E-state index contributed by atoms with van der Waals surface area (Å²) in [5.74, 6) is 1.75. The van der Waals surface area contributed by atoms with Gasteiger partial charge in [-0.25, -0.2) is 0 Å². The van der Waals surface area contributed by atoms with Gasteiger partial charge in [0.25, 0.3) is 0 Å². The number of hydrogen-bond acceptors (Lipinski definition) is 4. The van der Waals surface area contributed by atoms with Gasteiger partial charge in [-0.1, -0.05) is 6.92 Å². The molecular weight excluding hydrogens is 262 g/mol. The number of hydrogen-bond donors (Lipinski definition) is 1. The molecule has 0 fully saturated rings. The lowest BCUT2D eigenvalue weighted by molar-refractivity contribution is 0.395. The van der Waals surface area contributed by atoms with Crippen molar-refractivity contribution in [3.8, 4) is 6.07 Å². The molecule has 4 nitrogen and oxygen atoms in total. The fraction of sp³-hybridized carbons (Fsp3) is 0.353. The van der Waals surface area contributed by atoms with Crippen molar-refractivity contribution in [1.82, 2.24) is 0 Å². The van der Waals surface area contributed by atoms with Crippen LogP contribution in [0.4, 0.5) is 5.69 Å². The molecule has 0 radical (unpaired) electrons. The summed E-state index contributed by atoms with van der Waals surface area (Å²) in [6.45, 7) is 4.00. The Balaban J connectivity index is 2.33. The van der Waals surface area contributed by atoms with E-state index >= 15 is 0 Å². The molecule has 21 heavy (non-hydrogen) atoms. The Morgan fingerprint density at radius 3 is 2.38 bits per heavy atom. The van der Waals surface area contributed by atoms with Crippen LogP contribution in [-0.4, -0.2) is 13.1 Å². The van der Waals surface area contributed by atoms with E-state index < -0.39 is 0 Å². The van der Waals surface area contributed by atoms with Crippen LogP contribution in [0.15, 0.2) is 40.8 Å². The van der Waals surface area contributed by atoms with E-state index in [0.29, 0.717) is 5.56 Å². The second-order valence-corrected chi connectivity index (χ2v) is 5.23. The number of rotatable bonds is 5. The zero-order valence-corrected chi connectivity index (χ0v) is 12.7. The molecule has 0 saturated heterocycles. The summed E-state index contributed by atoms with van der Waals surface area (Å²) in [6, 6.07) is 13.5. The van der Waals surface area contributed by atoms with Crippen molar-refractivity contribution in [2.75, 3.05) is 11.9 Å². The standard InChI is InChI=1S/C17H21N3O/c1-4-15(19)17(16-10-5-12(2)21-16)20(3)14-8-6-13(11-18)7-9-14/h5-10,15,17H,4,19H2,1-3H3. The molecule has 1 heterocycles. The molecule has 2 atom stereocenters. The number of nitrogens with zero attached hydrogens (tertiary/aromatic N) is 2. The van der Waals surface area contributed by atoms with Crippen LogP contribution in [0, 0.1) is 18.3 Å². The molecule has 0 amide bonds. The summed E-state index contributed by atoms with van der Waals surface area (Å²) >= 11 is 0. The first-order chi connectivity index (χ1) is 10.1. The van der Waals surface area contributed by atoms with E-state index in [1.807, 2.05) is 50.4 Å². The van der Waals surface area contributed by atoms with Gasteiger partial charge in [0.2, 0.25) is 0 Å². The van der Waals surface area contributed by atoms with Crippen LogP contribution in [0.1, 0.15) is 36.5 Å². The van der Waals surface area contributed by atoms with Crippen LogP contribution in [0.2, 0.25) is 0 Å². The molecule has 110 valence electrons. The molecule has 2 N–H and O–H groups in total. The average Bonchev–Trinajstić information content (AvgIpc) is 2.93. The van der Waals surface area contributed by atoms with E-state index in [1.54, 1.807) is 0 Å². The largest absolute Gasteiger partial charge is 0.464 e. The first-order valence-corrected chi connectivity index (χ1v) is 7.11. The summed E-state index contributed by atoms with van der Waals surface area (Å²) in [6.07, 6.45) is 0.852. The van der Waals surface area contributed by atoms with Crippen molar-refractivity contribution < 1.29 is 4.42 Å². The topological polar surface area (TPSA) is 66.2 Å². The lowest BCUT2D eigenvalue weighted by Gasteiger charge is -2.32. The molecule has 1 aromatic heterocycles. The number of likely N-dealkylation sites (N-methyl/N-ethyl adjacent to an activating group) is 1. The van der Waals surface area contributed by atoms with Gasteiger partial charge in [0.1, 0.15) is 17.6 Å². The van der Waals surface area contributed by atoms with Gasteiger partial charge in [-0.2, -0.15) is 5.26 Å². The maximum absolute atomic E-state index is 8.88. The predicted octanol–water partition coefficient (Wildman–Crippen LogP) is 3.37. The molecule has 2 unspecified atom stereocenters. The molecule has 0 aliphatic heterocycles. The van der Waals surface area contributed by atoms with Gasteiger partial charge in [-0.15, -0.1) is 0 Å². The van der Waals surface area contributed by atoms with Crippen molar-refractivity contribution in [1.29, 1.82) is 5.26 Å². The minimum Gasteiger partial charge on any atom is -0.464 e. The molecule has 0 spiro atoms. The quantitative estimate of drug-likeness (QED) is 0.913. The third-order valence-corrected chi connectivity index (χ3v) is 3.75. The average molecular weight is 283 g/mol. The number of furan rings is 1. The zero-order chi connectivity index (χ0) is 15.4. The lowest BCUT2D eigenvalue weighted by Crippen LogP contribution is -2.38. The van der Waals surface area contributed by atoms with Crippen LogP contribution < -0.4 is 10.6 Å². The highest BCUT2D eigenvalue weighted by molar-refractivity contribution is 5.51. The Bertz CT molecular complexity index is 624. The first kappa shape index (κ1) is 15.1. The summed E-state index contributed by atoms with van der Waals surface area (Å²) in [5, 5.41) is 8.88. The van der Waals surface area contributed by atoms with Gasteiger partial charge in [-0.05, 0) is 49.7 Å². The summed E-state index contributed by atoms with van der Waals surface area (Å²) < 4.78 is 5.78. The Hall–Kier alpha value is -2.25. The van der Waals surface area contributed by atoms with Gasteiger partial charge in [0, 0.05) is 18.8 Å². The maximum atomic E-state index is 8.88. The summed E-state index contributed by atoms with van der Waals surface area (Å²) in [7, 11) is 2.00. The maximum Gasteiger partial charge on any atom is 0.128 e. The Kier molecular flexibility index (Phi) is 4.66. The fourth-order valence-electron chi connectivity index (χ4n) is 2.46. The molecule has 2 aromatic rings. The summed E-state index contributed by atoms with van der Waals surface area (Å²) in [4.78, 5) is 2.10. The molecule has 0 bridgehead atoms.